The van der Waals surface area contributed by atoms with Gasteiger partial charge in [-0.1, -0.05) is 29.3 Å². The number of amides is 2. The van der Waals surface area contributed by atoms with Crippen molar-refractivity contribution >= 4 is 41.0 Å². The first-order valence-corrected chi connectivity index (χ1v) is 6.65. The molecule has 7 nitrogen and oxygen atoms in total. The van der Waals surface area contributed by atoms with Gasteiger partial charge in [0.15, 0.2) is 0 Å². The minimum atomic E-state index is -0.794. The second-order valence-corrected chi connectivity index (χ2v) is 4.91. The van der Waals surface area contributed by atoms with E-state index in [1.165, 1.54) is 19.3 Å². The van der Waals surface area contributed by atoms with Gasteiger partial charge in [-0.15, -0.1) is 0 Å². The molecule has 2 amide bonds. The summed E-state index contributed by atoms with van der Waals surface area (Å²) >= 11 is 11.8. The maximum Gasteiger partial charge on any atom is 0.253 e. The Hall–Kier alpha value is -2.12. The first-order chi connectivity index (χ1) is 9.99. The van der Waals surface area contributed by atoms with E-state index in [9.17, 15) is 9.59 Å². The van der Waals surface area contributed by atoms with Crippen molar-refractivity contribution in [1.29, 1.82) is 0 Å². The standard InChI is InChI=1S/C12H11Cl2N5O2/c1-6(10(20)18-12-15-5-16-19-12)17-11(21)7-3-2-4-8(13)9(7)14/h2-6H,1H3,(H,17,21)(H2,15,16,18,19,20)/t6-/m1/s1. The van der Waals surface area contributed by atoms with Crippen LogP contribution in [-0.4, -0.2) is 33.0 Å². The Labute approximate surface area is 130 Å². The second-order valence-electron chi connectivity index (χ2n) is 4.12. The van der Waals surface area contributed by atoms with E-state index in [1.807, 2.05) is 0 Å². The van der Waals surface area contributed by atoms with Crippen molar-refractivity contribution < 1.29 is 9.59 Å². The summed E-state index contributed by atoms with van der Waals surface area (Å²) in [5.74, 6) is -0.747. The minimum absolute atomic E-state index is 0.138. The highest BCUT2D eigenvalue weighted by molar-refractivity contribution is 6.43. The summed E-state index contributed by atoms with van der Waals surface area (Å²) in [5, 5.41) is 11.5. The Bertz CT molecular complexity index is 660. The van der Waals surface area contributed by atoms with E-state index in [1.54, 1.807) is 12.1 Å². The third-order valence-electron chi connectivity index (χ3n) is 2.59. The van der Waals surface area contributed by atoms with Gasteiger partial charge in [0.25, 0.3) is 5.91 Å². The number of H-pyrrole nitrogens is 1. The molecular weight excluding hydrogens is 317 g/mol. The van der Waals surface area contributed by atoms with Gasteiger partial charge in [0, 0.05) is 0 Å². The highest BCUT2D eigenvalue weighted by Gasteiger charge is 2.19. The lowest BCUT2D eigenvalue weighted by Crippen LogP contribution is -2.41. The van der Waals surface area contributed by atoms with Crippen molar-refractivity contribution in [2.24, 2.45) is 0 Å². The van der Waals surface area contributed by atoms with Crippen molar-refractivity contribution in [3.05, 3.63) is 40.1 Å². The third-order valence-corrected chi connectivity index (χ3v) is 3.41. The SMILES string of the molecule is C[C@@H](NC(=O)c1cccc(Cl)c1Cl)C(=O)Nc1ncn[nH]1. The fourth-order valence-corrected chi connectivity index (χ4v) is 1.90. The molecule has 0 aliphatic rings. The van der Waals surface area contributed by atoms with Gasteiger partial charge in [-0.05, 0) is 19.1 Å². The molecule has 2 aromatic rings. The Morgan fingerprint density at radius 3 is 2.76 bits per heavy atom. The molecule has 0 saturated heterocycles. The largest absolute Gasteiger partial charge is 0.340 e. The van der Waals surface area contributed by atoms with E-state index >= 15 is 0 Å². The Morgan fingerprint density at radius 2 is 2.10 bits per heavy atom. The lowest BCUT2D eigenvalue weighted by Gasteiger charge is -2.13. The number of rotatable bonds is 4. The molecule has 0 bridgehead atoms. The van der Waals surface area contributed by atoms with Gasteiger partial charge >= 0.3 is 0 Å². The number of carbonyl (C=O) groups excluding carboxylic acids is 2. The molecule has 1 aromatic carbocycles. The maximum absolute atomic E-state index is 12.1. The van der Waals surface area contributed by atoms with Crippen molar-refractivity contribution in [3.8, 4) is 0 Å². The zero-order chi connectivity index (χ0) is 15.4. The Balaban J connectivity index is 2.01. The second kappa shape index (κ2) is 6.55. The number of nitrogens with one attached hydrogen (secondary N) is 3. The van der Waals surface area contributed by atoms with Gasteiger partial charge < -0.3 is 5.32 Å². The topological polar surface area (TPSA) is 99.8 Å². The molecule has 1 atom stereocenters. The van der Waals surface area contributed by atoms with Crippen LogP contribution in [0.3, 0.4) is 0 Å². The molecule has 110 valence electrons. The van der Waals surface area contributed by atoms with Crippen molar-refractivity contribution in [1.82, 2.24) is 20.5 Å². The molecule has 1 aromatic heterocycles. The van der Waals surface area contributed by atoms with E-state index < -0.39 is 17.9 Å². The number of anilines is 1. The van der Waals surface area contributed by atoms with Crippen molar-refractivity contribution in [2.75, 3.05) is 5.32 Å². The van der Waals surface area contributed by atoms with Crippen LogP contribution in [0.5, 0.6) is 0 Å². The molecule has 21 heavy (non-hydrogen) atoms. The molecule has 0 aliphatic heterocycles. The zero-order valence-electron chi connectivity index (χ0n) is 10.9. The van der Waals surface area contributed by atoms with Crippen molar-refractivity contribution in [3.63, 3.8) is 0 Å². The minimum Gasteiger partial charge on any atom is -0.340 e. The van der Waals surface area contributed by atoms with Crippen LogP contribution in [0.1, 0.15) is 17.3 Å². The van der Waals surface area contributed by atoms with Crippen LogP contribution in [0.15, 0.2) is 24.5 Å². The number of carbonyl (C=O) groups is 2. The van der Waals surface area contributed by atoms with Crippen molar-refractivity contribution in [2.45, 2.75) is 13.0 Å². The smallest absolute Gasteiger partial charge is 0.253 e. The summed E-state index contributed by atoms with van der Waals surface area (Å²) in [7, 11) is 0. The lowest BCUT2D eigenvalue weighted by atomic mass is 10.2. The van der Waals surface area contributed by atoms with Crippen LogP contribution < -0.4 is 10.6 Å². The molecule has 3 N–H and O–H groups in total. The van der Waals surface area contributed by atoms with Gasteiger partial charge in [-0.2, -0.15) is 10.1 Å². The van der Waals surface area contributed by atoms with E-state index in [4.69, 9.17) is 23.2 Å². The Morgan fingerprint density at radius 1 is 1.33 bits per heavy atom. The van der Waals surface area contributed by atoms with Gasteiger partial charge in [0.05, 0.1) is 15.6 Å². The van der Waals surface area contributed by atoms with Crippen LogP contribution in [0.25, 0.3) is 0 Å². The molecular formula is C12H11Cl2N5O2. The van der Waals surface area contributed by atoms with E-state index in [-0.39, 0.29) is 21.6 Å². The average Bonchev–Trinajstić information content (AvgIpc) is 2.94. The number of nitrogens with zero attached hydrogens (tertiary/aromatic N) is 2. The molecule has 0 fully saturated rings. The highest BCUT2D eigenvalue weighted by atomic mass is 35.5. The molecule has 0 saturated carbocycles. The number of benzene rings is 1. The quantitative estimate of drug-likeness (QED) is 0.798. The van der Waals surface area contributed by atoms with Gasteiger partial charge in [-0.25, -0.2) is 5.10 Å². The number of aromatic amines is 1. The molecule has 0 radical (unpaired) electrons. The Kier molecular flexibility index (Phi) is 4.77. The molecule has 1 heterocycles. The molecule has 9 heteroatoms. The van der Waals surface area contributed by atoms with Crippen LogP contribution in [0, 0.1) is 0 Å². The van der Waals surface area contributed by atoms with Crippen LogP contribution in [-0.2, 0) is 4.79 Å². The maximum atomic E-state index is 12.1. The summed E-state index contributed by atoms with van der Waals surface area (Å²) in [6, 6.07) is 3.89. The van der Waals surface area contributed by atoms with E-state index in [2.05, 4.69) is 25.8 Å². The number of halogens is 2. The molecule has 2 rings (SSSR count). The highest BCUT2D eigenvalue weighted by Crippen LogP contribution is 2.25. The van der Waals surface area contributed by atoms with Gasteiger partial charge in [0.1, 0.15) is 12.4 Å². The number of hydrogen-bond donors (Lipinski definition) is 3. The van der Waals surface area contributed by atoms with Crippen LogP contribution in [0.4, 0.5) is 5.95 Å². The van der Waals surface area contributed by atoms with E-state index in [0.29, 0.717) is 0 Å². The molecule has 0 unspecified atom stereocenters. The fourth-order valence-electron chi connectivity index (χ4n) is 1.51. The lowest BCUT2D eigenvalue weighted by molar-refractivity contribution is -0.117. The normalized spacial score (nSPS) is 11.8. The van der Waals surface area contributed by atoms with Gasteiger partial charge in [0.2, 0.25) is 11.9 Å². The summed E-state index contributed by atoms with van der Waals surface area (Å²) < 4.78 is 0. The average molecular weight is 328 g/mol. The number of hydrogen-bond acceptors (Lipinski definition) is 4. The molecule has 0 spiro atoms. The van der Waals surface area contributed by atoms with Crippen LogP contribution in [0.2, 0.25) is 10.0 Å². The zero-order valence-corrected chi connectivity index (χ0v) is 12.4. The first kappa shape index (κ1) is 15.3. The summed E-state index contributed by atoms with van der Waals surface area (Å²) in [4.78, 5) is 27.7. The van der Waals surface area contributed by atoms with E-state index in [0.717, 1.165) is 0 Å². The third kappa shape index (κ3) is 3.71. The molecule has 0 aliphatic carbocycles. The monoisotopic (exact) mass is 327 g/mol. The van der Waals surface area contributed by atoms with Crippen LogP contribution >= 0.6 is 23.2 Å². The van der Waals surface area contributed by atoms with Gasteiger partial charge in [-0.3, -0.25) is 14.9 Å². The summed E-state index contributed by atoms with van der Waals surface area (Å²) in [6.45, 7) is 1.53. The predicted molar refractivity (Wildman–Crippen MR) is 78.4 cm³/mol. The fraction of sp³-hybridized carbons (Fsp3) is 0.167. The number of aromatic nitrogens is 3. The summed E-state index contributed by atoms with van der Waals surface area (Å²) in [5.41, 5.74) is 0.198. The predicted octanol–water partition coefficient (Wildman–Crippen LogP) is 1.87. The first-order valence-electron chi connectivity index (χ1n) is 5.90. The summed E-state index contributed by atoms with van der Waals surface area (Å²) in [6.07, 6.45) is 1.25.